The van der Waals surface area contributed by atoms with Crippen LogP contribution in [0, 0.1) is 0 Å². The number of aromatic nitrogens is 1. The fourth-order valence-corrected chi connectivity index (χ4v) is 2.50. The average Bonchev–Trinajstić information content (AvgIpc) is 2.44. The van der Waals surface area contributed by atoms with Crippen LogP contribution >= 0.6 is 0 Å². The van der Waals surface area contributed by atoms with Crippen LogP contribution in [0.1, 0.15) is 6.42 Å². The van der Waals surface area contributed by atoms with E-state index in [-0.39, 0.29) is 5.03 Å². The second-order valence-corrected chi connectivity index (χ2v) is 5.76. The quantitative estimate of drug-likeness (QED) is 0.610. The highest BCUT2D eigenvalue weighted by atomic mass is 32.2. The number of hydrogen-bond acceptors (Lipinski definition) is 6. The van der Waals surface area contributed by atoms with Crippen molar-refractivity contribution in [2.24, 2.45) is 0 Å². The number of anilines is 1. The maximum atomic E-state index is 12.0. The summed E-state index contributed by atoms with van der Waals surface area (Å²) in [6, 6.07) is 3.20. The fraction of sp³-hybridized carbons (Fsp3) is 0.583. The molecule has 0 unspecified atom stereocenters. The SMILES string of the molecule is COCCCNS(=O)(=O)c1cc(NCCOC)ccn1. The van der Waals surface area contributed by atoms with Gasteiger partial charge in [0.15, 0.2) is 5.03 Å². The van der Waals surface area contributed by atoms with E-state index < -0.39 is 10.0 Å². The van der Waals surface area contributed by atoms with Crippen LogP contribution in [0.3, 0.4) is 0 Å². The van der Waals surface area contributed by atoms with Gasteiger partial charge in [0.2, 0.25) is 0 Å². The van der Waals surface area contributed by atoms with Gasteiger partial charge in [0.25, 0.3) is 10.0 Å². The third-order valence-corrected chi connectivity index (χ3v) is 3.82. The largest absolute Gasteiger partial charge is 0.385 e. The van der Waals surface area contributed by atoms with Gasteiger partial charge in [-0.2, -0.15) is 0 Å². The van der Waals surface area contributed by atoms with E-state index >= 15 is 0 Å². The highest BCUT2D eigenvalue weighted by Crippen LogP contribution is 2.12. The van der Waals surface area contributed by atoms with Crippen molar-refractivity contribution in [2.45, 2.75) is 11.4 Å². The van der Waals surface area contributed by atoms with Gasteiger partial charge in [-0.25, -0.2) is 18.1 Å². The molecule has 0 atom stereocenters. The van der Waals surface area contributed by atoms with E-state index in [0.717, 1.165) is 0 Å². The van der Waals surface area contributed by atoms with Crippen molar-refractivity contribution < 1.29 is 17.9 Å². The number of nitrogens with one attached hydrogen (secondary N) is 2. The summed E-state index contributed by atoms with van der Waals surface area (Å²) in [6.07, 6.45) is 2.07. The number of methoxy groups -OCH3 is 2. The van der Waals surface area contributed by atoms with Crippen molar-refractivity contribution in [1.29, 1.82) is 0 Å². The van der Waals surface area contributed by atoms with Gasteiger partial charge in [0.1, 0.15) is 0 Å². The lowest BCUT2D eigenvalue weighted by atomic mass is 10.4. The second-order valence-electron chi connectivity index (χ2n) is 4.05. The Morgan fingerprint density at radius 1 is 1.20 bits per heavy atom. The number of pyridine rings is 1. The molecular weight excluding hydrogens is 282 g/mol. The molecule has 114 valence electrons. The Balaban J connectivity index is 2.62. The van der Waals surface area contributed by atoms with Gasteiger partial charge in [-0.15, -0.1) is 0 Å². The summed E-state index contributed by atoms with van der Waals surface area (Å²) >= 11 is 0. The van der Waals surface area contributed by atoms with Crippen LogP contribution in [0.15, 0.2) is 23.4 Å². The van der Waals surface area contributed by atoms with E-state index in [4.69, 9.17) is 9.47 Å². The zero-order valence-corrected chi connectivity index (χ0v) is 12.6. The standard InChI is InChI=1S/C12H21N3O4S/c1-18-8-3-5-15-20(16,17)12-10-11(4-6-14-12)13-7-9-19-2/h4,6,10,15H,3,5,7-9H2,1-2H3,(H,13,14). The molecule has 8 heteroatoms. The molecule has 1 aromatic rings. The normalized spacial score (nSPS) is 11.5. The summed E-state index contributed by atoms with van der Waals surface area (Å²) in [5.41, 5.74) is 0.689. The molecule has 0 spiro atoms. The first-order valence-corrected chi connectivity index (χ1v) is 7.76. The predicted octanol–water partition coefficient (Wildman–Crippen LogP) is 0.455. The Morgan fingerprint density at radius 3 is 2.65 bits per heavy atom. The van der Waals surface area contributed by atoms with Crippen LogP contribution in [-0.2, 0) is 19.5 Å². The molecule has 1 heterocycles. The van der Waals surface area contributed by atoms with Gasteiger partial charge in [-0.1, -0.05) is 0 Å². The van der Waals surface area contributed by atoms with Gasteiger partial charge in [-0.05, 0) is 12.5 Å². The van der Waals surface area contributed by atoms with E-state index in [2.05, 4.69) is 15.0 Å². The molecule has 0 aromatic carbocycles. The second kappa shape index (κ2) is 8.85. The molecular formula is C12H21N3O4S. The molecule has 0 aliphatic carbocycles. The Morgan fingerprint density at radius 2 is 1.95 bits per heavy atom. The monoisotopic (exact) mass is 303 g/mol. The number of hydrogen-bond donors (Lipinski definition) is 2. The van der Waals surface area contributed by atoms with E-state index in [1.165, 1.54) is 12.3 Å². The summed E-state index contributed by atoms with van der Waals surface area (Å²) < 4.78 is 36.3. The molecule has 20 heavy (non-hydrogen) atoms. The third-order valence-electron chi connectivity index (χ3n) is 2.46. The molecule has 0 amide bonds. The van der Waals surface area contributed by atoms with Crippen molar-refractivity contribution in [1.82, 2.24) is 9.71 Å². The van der Waals surface area contributed by atoms with Crippen molar-refractivity contribution in [2.75, 3.05) is 45.8 Å². The van der Waals surface area contributed by atoms with Gasteiger partial charge in [0, 0.05) is 51.9 Å². The van der Waals surface area contributed by atoms with E-state index in [1.54, 1.807) is 20.3 Å². The molecule has 1 aromatic heterocycles. The minimum Gasteiger partial charge on any atom is -0.385 e. The molecule has 0 aliphatic rings. The summed E-state index contributed by atoms with van der Waals surface area (Å²) in [4.78, 5) is 3.89. The third kappa shape index (κ3) is 5.83. The Labute approximate surface area is 119 Å². The average molecular weight is 303 g/mol. The number of sulfonamides is 1. The lowest BCUT2D eigenvalue weighted by Gasteiger charge is -2.09. The topological polar surface area (TPSA) is 89.5 Å². The van der Waals surface area contributed by atoms with Crippen molar-refractivity contribution in [3.63, 3.8) is 0 Å². The lowest BCUT2D eigenvalue weighted by molar-refractivity contribution is 0.196. The first-order chi connectivity index (χ1) is 9.60. The highest BCUT2D eigenvalue weighted by molar-refractivity contribution is 7.89. The number of nitrogens with zero attached hydrogens (tertiary/aromatic N) is 1. The molecule has 0 saturated heterocycles. The smallest absolute Gasteiger partial charge is 0.258 e. The Bertz CT molecular complexity index is 493. The van der Waals surface area contributed by atoms with E-state index in [9.17, 15) is 8.42 Å². The van der Waals surface area contributed by atoms with Gasteiger partial charge < -0.3 is 14.8 Å². The molecule has 0 bridgehead atoms. The lowest BCUT2D eigenvalue weighted by Crippen LogP contribution is -2.26. The Kier molecular flexibility index (Phi) is 7.45. The number of rotatable bonds is 10. The van der Waals surface area contributed by atoms with E-state index in [0.29, 0.717) is 38.4 Å². The summed E-state index contributed by atoms with van der Waals surface area (Å²) in [5.74, 6) is 0. The molecule has 2 N–H and O–H groups in total. The number of ether oxygens (including phenoxy) is 2. The molecule has 0 saturated carbocycles. The minimum atomic E-state index is -3.58. The molecule has 0 fully saturated rings. The van der Waals surface area contributed by atoms with Crippen molar-refractivity contribution >= 4 is 15.7 Å². The first-order valence-electron chi connectivity index (χ1n) is 6.27. The molecule has 0 aliphatic heterocycles. The maximum absolute atomic E-state index is 12.0. The van der Waals surface area contributed by atoms with Crippen LogP contribution in [0.4, 0.5) is 5.69 Å². The zero-order chi connectivity index (χ0) is 14.8. The van der Waals surface area contributed by atoms with Gasteiger partial charge in [0.05, 0.1) is 6.61 Å². The van der Waals surface area contributed by atoms with Crippen LogP contribution in [0.25, 0.3) is 0 Å². The van der Waals surface area contributed by atoms with Crippen LogP contribution in [0.5, 0.6) is 0 Å². The van der Waals surface area contributed by atoms with Crippen LogP contribution in [0.2, 0.25) is 0 Å². The summed E-state index contributed by atoms with van der Waals surface area (Å²) in [6.45, 7) is 1.97. The van der Waals surface area contributed by atoms with Gasteiger partial charge in [-0.3, -0.25) is 0 Å². The van der Waals surface area contributed by atoms with Crippen molar-refractivity contribution in [3.05, 3.63) is 18.3 Å². The Hall–Kier alpha value is -1.22. The molecule has 0 radical (unpaired) electrons. The maximum Gasteiger partial charge on any atom is 0.258 e. The van der Waals surface area contributed by atoms with Crippen LogP contribution < -0.4 is 10.0 Å². The zero-order valence-electron chi connectivity index (χ0n) is 11.8. The predicted molar refractivity (Wildman–Crippen MR) is 76.3 cm³/mol. The molecule has 1 rings (SSSR count). The summed E-state index contributed by atoms with van der Waals surface area (Å²) in [7, 11) is -0.402. The van der Waals surface area contributed by atoms with Gasteiger partial charge >= 0.3 is 0 Å². The highest BCUT2D eigenvalue weighted by Gasteiger charge is 2.15. The fourth-order valence-electron chi connectivity index (χ4n) is 1.46. The van der Waals surface area contributed by atoms with Crippen molar-refractivity contribution in [3.8, 4) is 0 Å². The molecule has 7 nitrogen and oxygen atoms in total. The first kappa shape index (κ1) is 16.8. The summed E-state index contributed by atoms with van der Waals surface area (Å²) in [5, 5.41) is 3.05. The van der Waals surface area contributed by atoms with Crippen LogP contribution in [-0.4, -0.2) is 53.9 Å². The van der Waals surface area contributed by atoms with E-state index in [1.807, 2.05) is 0 Å². The minimum absolute atomic E-state index is 0.00247.